The smallest absolute Gasteiger partial charge is 0.135 e. The SMILES string of the molecule is Cc1cccc(/C=C/c2ccc3c(c2)C(c2cccc(C)c2)C(c2ccc(O)cc2)O3)c1. The van der Waals surface area contributed by atoms with Crippen molar-refractivity contribution in [1.29, 1.82) is 0 Å². The standard InChI is InChI=1S/C30H26O2/c1-20-5-3-7-22(17-20)9-10-23-11-16-28-27(19-23)29(25-8-4-6-21(2)18-25)30(32-28)24-12-14-26(31)15-13-24/h3-19,29-31H,1-2H3/b10-9+. The monoisotopic (exact) mass is 418 g/mol. The number of aryl methyl sites for hydroxylation is 2. The van der Waals surface area contributed by atoms with Crippen LogP contribution in [0.5, 0.6) is 11.5 Å². The first-order chi connectivity index (χ1) is 15.6. The zero-order valence-electron chi connectivity index (χ0n) is 18.3. The molecule has 32 heavy (non-hydrogen) atoms. The second kappa shape index (κ2) is 8.39. The number of hydrogen-bond donors (Lipinski definition) is 1. The number of phenols is 1. The molecule has 0 aliphatic carbocycles. The molecular formula is C30H26O2. The van der Waals surface area contributed by atoms with Gasteiger partial charge in [-0.1, -0.05) is 90.0 Å². The molecular weight excluding hydrogens is 392 g/mol. The van der Waals surface area contributed by atoms with Crippen LogP contribution in [0.25, 0.3) is 12.2 Å². The summed E-state index contributed by atoms with van der Waals surface area (Å²) in [6.07, 6.45) is 4.18. The van der Waals surface area contributed by atoms with Gasteiger partial charge in [0.1, 0.15) is 17.6 Å². The quantitative estimate of drug-likeness (QED) is 0.349. The van der Waals surface area contributed by atoms with Gasteiger partial charge in [-0.2, -0.15) is 0 Å². The first-order valence-electron chi connectivity index (χ1n) is 11.0. The number of benzene rings is 4. The molecule has 0 bridgehead atoms. The summed E-state index contributed by atoms with van der Waals surface area (Å²) in [6, 6.07) is 30.9. The van der Waals surface area contributed by atoms with Gasteiger partial charge in [-0.25, -0.2) is 0 Å². The van der Waals surface area contributed by atoms with E-state index in [9.17, 15) is 5.11 Å². The molecule has 1 aliphatic heterocycles. The lowest BCUT2D eigenvalue weighted by molar-refractivity contribution is 0.222. The first-order valence-corrected chi connectivity index (χ1v) is 11.0. The highest BCUT2D eigenvalue weighted by Crippen LogP contribution is 2.50. The number of ether oxygens (including phenoxy) is 1. The van der Waals surface area contributed by atoms with Crippen molar-refractivity contribution in [3.63, 3.8) is 0 Å². The molecule has 2 atom stereocenters. The van der Waals surface area contributed by atoms with Crippen molar-refractivity contribution in [2.75, 3.05) is 0 Å². The highest BCUT2D eigenvalue weighted by molar-refractivity contribution is 5.71. The third kappa shape index (κ3) is 4.04. The molecule has 2 unspecified atom stereocenters. The summed E-state index contributed by atoms with van der Waals surface area (Å²) in [5, 5.41) is 9.75. The van der Waals surface area contributed by atoms with Gasteiger partial charge in [-0.3, -0.25) is 0 Å². The van der Waals surface area contributed by atoms with Gasteiger partial charge in [-0.15, -0.1) is 0 Å². The van der Waals surface area contributed by atoms with Gasteiger partial charge in [-0.05, 0) is 60.4 Å². The van der Waals surface area contributed by atoms with Gasteiger partial charge in [0.25, 0.3) is 0 Å². The van der Waals surface area contributed by atoms with Crippen LogP contribution < -0.4 is 4.74 Å². The highest BCUT2D eigenvalue weighted by atomic mass is 16.5. The van der Waals surface area contributed by atoms with Gasteiger partial charge in [0.2, 0.25) is 0 Å². The van der Waals surface area contributed by atoms with Gasteiger partial charge in [0, 0.05) is 5.56 Å². The lowest BCUT2D eigenvalue weighted by Crippen LogP contribution is -2.11. The van der Waals surface area contributed by atoms with Crippen LogP contribution in [-0.2, 0) is 0 Å². The third-order valence-electron chi connectivity index (χ3n) is 6.06. The fourth-order valence-corrected chi connectivity index (χ4v) is 4.50. The molecule has 158 valence electrons. The van der Waals surface area contributed by atoms with Crippen molar-refractivity contribution in [1.82, 2.24) is 0 Å². The van der Waals surface area contributed by atoms with Crippen molar-refractivity contribution in [2.45, 2.75) is 25.9 Å². The van der Waals surface area contributed by atoms with Crippen LogP contribution in [0.4, 0.5) is 0 Å². The third-order valence-corrected chi connectivity index (χ3v) is 6.06. The number of fused-ring (bicyclic) bond motifs is 1. The summed E-state index contributed by atoms with van der Waals surface area (Å²) in [5.41, 5.74) is 8.32. The Morgan fingerprint density at radius 1 is 0.688 bits per heavy atom. The largest absolute Gasteiger partial charge is 0.508 e. The number of rotatable bonds is 4. The number of hydrogen-bond acceptors (Lipinski definition) is 2. The molecule has 0 aromatic heterocycles. The van der Waals surface area contributed by atoms with E-state index in [-0.39, 0.29) is 17.8 Å². The highest BCUT2D eigenvalue weighted by Gasteiger charge is 2.36. The minimum absolute atomic E-state index is 0.0850. The van der Waals surface area contributed by atoms with Gasteiger partial charge in [0.15, 0.2) is 0 Å². The molecule has 5 rings (SSSR count). The second-order valence-corrected chi connectivity index (χ2v) is 8.57. The molecule has 2 nitrogen and oxygen atoms in total. The zero-order valence-corrected chi connectivity index (χ0v) is 18.3. The maximum absolute atomic E-state index is 9.75. The van der Waals surface area contributed by atoms with Crippen molar-refractivity contribution < 1.29 is 9.84 Å². The Kier molecular flexibility index (Phi) is 5.28. The summed E-state index contributed by atoms with van der Waals surface area (Å²) in [6.45, 7) is 4.23. The van der Waals surface area contributed by atoms with Crippen LogP contribution in [0.1, 0.15) is 51.0 Å². The zero-order chi connectivity index (χ0) is 22.1. The second-order valence-electron chi connectivity index (χ2n) is 8.57. The van der Waals surface area contributed by atoms with E-state index in [0.717, 1.165) is 16.9 Å². The Balaban J connectivity index is 1.55. The van der Waals surface area contributed by atoms with Crippen LogP contribution in [-0.4, -0.2) is 5.11 Å². The van der Waals surface area contributed by atoms with Crippen LogP contribution in [0.3, 0.4) is 0 Å². The molecule has 1 N–H and O–H groups in total. The summed E-state index contributed by atoms with van der Waals surface area (Å²) in [5.74, 6) is 1.27. The van der Waals surface area contributed by atoms with E-state index >= 15 is 0 Å². The molecule has 2 heteroatoms. The van der Waals surface area contributed by atoms with Crippen molar-refractivity contribution in [2.24, 2.45) is 0 Å². The minimum atomic E-state index is -0.136. The lowest BCUT2D eigenvalue weighted by atomic mass is 9.84. The number of aromatic hydroxyl groups is 1. The normalized spacial score (nSPS) is 17.3. The molecule has 4 aromatic rings. The van der Waals surface area contributed by atoms with Crippen LogP contribution in [0, 0.1) is 13.8 Å². The van der Waals surface area contributed by atoms with Gasteiger partial charge in [0.05, 0.1) is 5.92 Å². The van der Waals surface area contributed by atoms with E-state index in [1.165, 1.54) is 27.8 Å². The average Bonchev–Trinajstić information content (AvgIpc) is 3.17. The Hall–Kier alpha value is -3.78. The fourth-order valence-electron chi connectivity index (χ4n) is 4.50. The average molecular weight is 419 g/mol. The molecule has 0 fully saturated rings. The van der Waals surface area contributed by atoms with Crippen molar-refractivity contribution >= 4 is 12.2 Å². The molecule has 0 spiro atoms. The van der Waals surface area contributed by atoms with Crippen LogP contribution in [0.2, 0.25) is 0 Å². The molecule has 1 heterocycles. The van der Waals surface area contributed by atoms with E-state index in [2.05, 4.69) is 92.7 Å². The topological polar surface area (TPSA) is 29.5 Å². The molecule has 0 saturated heterocycles. The minimum Gasteiger partial charge on any atom is -0.508 e. The Morgan fingerprint density at radius 2 is 1.38 bits per heavy atom. The molecule has 0 amide bonds. The van der Waals surface area contributed by atoms with E-state index in [1.54, 1.807) is 12.1 Å². The molecule has 1 aliphatic rings. The van der Waals surface area contributed by atoms with Gasteiger partial charge < -0.3 is 9.84 Å². The predicted molar refractivity (Wildman–Crippen MR) is 131 cm³/mol. The Bertz CT molecular complexity index is 1280. The van der Waals surface area contributed by atoms with E-state index in [1.807, 2.05) is 12.1 Å². The number of phenolic OH excluding ortho intramolecular Hbond substituents is 1. The Morgan fingerprint density at radius 3 is 2.09 bits per heavy atom. The summed E-state index contributed by atoms with van der Waals surface area (Å²) < 4.78 is 6.47. The summed E-state index contributed by atoms with van der Waals surface area (Å²) in [7, 11) is 0. The van der Waals surface area contributed by atoms with E-state index in [0.29, 0.717) is 0 Å². The van der Waals surface area contributed by atoms with Crippen molar-refractivity contribution in [3.8, 4) is 11.5 Å². The maximum atomic E-state index is 9.75. The molecule has 0 radical (unpaired) electrons. The van der Waals surface area contributed by atoms with Crippen molar-refractivity contribution in [3.05, 3.63) is 130 Å². The lowest BCUT2D eigenvalue weighted by Gasteiger charge is -2.20. The van der Waals surface area contributed by atoms with Crippen LogP contribution in [0.15, 0.2) is 91.0 Å². The van der Waals surface area contributed by atoms with Crippen LogP contribution >= 0.6 is 0 Å². The summed E-state index contributed by atoms with van der Waals surface area (Å²) >= 11 is 0. The molecule has 0 saturated carbocycles. The molecule has 4 aromatic carbocycles. The van der Waals surface area contributed by atoms with E-state index in [4.69, 9.17) is 4.74 Å². The van der Waals surface area contributed by atoms with E-state index < -0.39 is 0 Å². The fraction of sp³-hybridized carbons (Fsp3) is 0.133. The maximum Gasteiger partial charge on any atom is 0.135 e. The Labute approximate surface area is 189 Å². The summed E-state index contributed by atoms with van der Waals surface area (Å²) in [4.78, 5) is 0. The first kappa shape index (κ1) is 20.1. The predicted octanol–water partition coefficient (Wildman–Crippen LogP) is 7.45. The van der Waals surface area contributed by atoms with Gasteiger partial charge >= 0.3 is 0 Å².